The molecule has 0 atom stereocenters. The van der Waals surface area contributed by atoms with Crippen molar-refractivity contribution in [2.24, 2.45) is 0 Å². The lowest BCUT2D eigenvalue weighted by Gasteiger charge is -2.09. The zero-order chi connectivity index (χ0) is 16.5. The van der Waals surface area contributed by atoms with Crippen LogP contribution in [-0.4, -0.2) is 28.2 Å². The molecule has 0 radical (unpaired) electrons. The number of nitrogens with zero attached hydrogens (tertiary/aromatic N) is 4. The summed E-state index contributed by atoms with van der Waals surface area (Å²) < 4.78 is 4.29. The highest BCUT2D eigenvalue weighted by Gasteiger charge is 1.98. The van der Waals surface area contributed by atoms with Crippen LogP contribution < -0.4 is 28.3 Å². The van der Waals surface area contributed by atoms with Crippen LogP contribution in [0, 0.1) is 0 Å². The van der Waals surface area contributed by atoms with Crippen molar-refractivity contribution in [2.45, 2.75) is 26.9 Å². The van der Waals surface area contributed by atoms with Gasteiger partial charge < -0.3 is 19.2 Å². The van der Waals surface area contributed by atoms with Gasteiger partial charge in [-0.15, -0.1) is 0 Å². The first-order valence-corrected chi connectivity index (χ1v) is 7.80. The molecule has 0 fully saturated rings. The Labute approximate surface area is 144 Å². The molecule has 4 nitrogen and oxygen atoms in total. The molecule has 0 saturated heterocycles. The topological polar surface area (TPSA) is 14.2 Å². The number of hydrogen-bond donors (Lipinski definition) is 0. The van der Waals surface area contributed by atoms with E-state index in [2.05, 4.69) is 81.8 Å². The van der Waals surface area contributed by atoms with Gasteiger partial charge >= 0.3 is 0 Å². The Hall–Kier alpha value is -2.24. The van der Waals surface area contributed by atoms with Crippen LogP contribution in [0.5, 0.6) is 0 Å². The summed E-state index contributed by atoms with van der Waals surface area (Å²) in [6, 6.07) is 8.46. The molecule has 0 unspecified atom stereocenters. The minimum Gasteiger partial charge on any atom is -1.00 e. The van der Waals surface area contributed by atoms with E-state index < -0.39 is 0 Å². The van der Waals surface area contributed by atoms with Crippen molar-refractivity contribution in [3.05, 3.63) is 49.1 Å². The second kappa shape index (κ2) is 12.2. The summed E-state index contributed by atoms with van der Waals surface area (Å²) in [5.41, 5.74) is 2.49. The molecule has 0 saturated carbocycles. The number of hydrogen-bond acceptors (Lipinski definition) is 2. The van der Waals surface area contributed by atoms with Crippen LogP contribution in [0.3, 0.4) is 0 Å². The van der Waals surface area contributed by atoms with Crippen molar-refractivity contribution in [1.82, 2.24) is 0 Å². The highest BCUT2D eigenvalue weighted by atomic mass is 19.0. The molecule has 2 aromatic heterocycles. The van der Waals surface area contributed by atoms with Crippen molar-refractivity contribution in [3.63, 3.8) is 0 Å². The maximum atomic E-state index is 2.15. The van der Waals surface area contributed by atoms with E-state index in [1.165, 1.54) is 11.4 Å². The second-order valence-electron chi connectivity index (χ2n) is 5.56. The molecule has 6 heteroatoms. The molecule has 0 spiro atoms. The third kappa shape index (κ3) is 7.85. The Morgan fingerprint density at radius 3 is 1.04 bits per heavy atom. The molecule has 0 amide bonds. The Morgan fingerprint density at radius 1 is 0.625 bits per heavy atom. The van der Waals surface area contributed by atoms with Gasteiger partial charge in [0, 0.05) is 63.8 Å². The molecule has 0 aliphatic heterocycles. The Kier molecular flexibility index (Phi) is 12.2. The van der Waals surface area contributed by atoms with Gasteiger partial charge in [-0.1, -0.05) is 0 Å². The van der Waals surface area contributed by atoms with Gasteiger partial charge in [-0.2, -0.15) is 0 Å². The average Bonchev–Trinajstić information content (AvgIpc) is 2.55. The predicted molar refractivity (Wildman–Crippen MR) is 93.3 cm³/mol. The molecule has 0 aromatic carbocycles. The van der Waals surface area contributed by atoms with Gasteiger partial charge in [-0.05, 0) is 13.8 Å². The van der Waals surface area contributed by atoms with E-state index in [0.717, 1.165) is 13.1 Å². The number of pyridine rings is 2. The lowest BCUT2D eigenvalue weighted by molar-refractivity contribution is -0.693. The van der Waals surface area contributed by atoms with Crippen LogP contribution in [0.15, 0.2) is 49.1 Å². The van der Waals surface area contributed by atoms with Crippen molar-refractivity contribution in [1.29, 1.82) is 0 Å². The fourth-order valence-electron chi connectivity index (χ4n) is 1.92. The number of aromatic nitrogens is 2. The largest absolute Gasteiger partial charge is 1.00 e. The fraction of sp³-hybridized carbons (Fsp3) is 0.444. The Bertz CT molecular complexity index is 488. The van der Waals surface area contributed by atoms with E-state index in [1.807, 2.05) is 28.2 Å². The molecule has 2 aromatic rings. The van der Waals surface area contributed by atoms with E-state index in [-0.39, 0.29) is 9.41 Å². The summed E-state index contributed by atoms with van der Waals surface area (Å²) in [6.45, 7) is 6.34. The molecule has 0 bridgehead atoms. The third-order valence-corrected chi connectivity index (χ3v) is 3.51. The van der Waals surface area contributed by atoms with Crippen LogP contribution >= 0.6 is 0 Å². The van der Waals surface area contributed by atoms with Crippen molar-refractivity contribution >= 4 is 11.4 Å². The zero-order valence-electron chi connectivity index (χ0n) is 15.6. The molecule has 2 heterocycles. The molecule has 0 N–H and O–H groups in total. The Balaban J connectivity index is 0. The van der Waals surface area contributed by atoms with Crippen molar-refractivity contribution < 1.29 is 18.5 Å². The number of halogens is 2. The molecule has 136 valence electrons. The van der Waals surface area contributed by atoms with Gasteiger partial charge in [0.15, 0.2) is 24.8 Å². The van der Waals surface area contributed by atoms with Gasteiger partial charge in [0.1, 0.15) is 13.1 Å². The monoisotopic (exact) mass is 340 g/mol. The zero-order valence-corrected chi connectivity index (χ0v) is 15.6. The highest BCUT2D eigenvalue weighted by molar-refractivity contribution is 5.41. The maximum Gasteiger partial charge on any atom is 0.170 e. The molecular formula is C18H30F2N4. The van der Waals surface area contributed by atoms with E-state index in [4.69, 9.17) is 0 Å². The summed E-state index contributed by atoms with van der Waals surface area (Å²) >= 11 is 0. The van der Waals surface area contributed by atoms with Gasteiger partial charge in [-0.25, -0.2) is 9.13 Å². The quantitative estimate of drug-likeness (QED) is 0.529. The Morgan fingerprint density at radius 2 is 0.875 bits per heavy atom. The molecule has 2 rings (SSSR count). The summed E-state index contributed by atoms with van der Waals surface area (Å²) in [4.78, 5) is 4.19. The van der Waals surface area contributed by atoms with E-state index in [0.29, 0.717) is 0 Å². The molecule has 0 aliphatic rings. The maximum absolute atomic E-state index is 2.15. The first kappa shape index (κ1) is 24.0. The highest BCUT2D eigenvalue weighted by Crippen LogP contribution is 2.06. The smallest absolute Gasteiger partial charge is 0.170 e. The first-order valence-electron chi connectivity index (χ1n) is 7.80. The van der Waals surface area contributed by atoms with Gasteiger partial charge in [0.2, 0.25) is 0 Å². The second-order valence-corrected chi connectivity index (χ2v) is 5.56. The third-order valence-electron chi connectivity index (χ3n) is 3.51. The fourth-order valence-corrected chi connectivity index (χ4v) is 1.92. The summed E-state index contributed by atoms with van der Waals surface area (Å²) in [5, 5.41) is 0. The summed E-state index contributed by atoms with van der Waals surface area (Å²) in [5.74, 6) is 0. The summed E-state index contributed by atoms with van der Waals surface area (Å²) in [7, 11) is 8.19. The van der Waals surface area contributed by atoms with Gasteiger partial charge in [-0.3, -0.25) is 0 Å². The van der Waals surface area contributed by atoms with E-state index in [9.17, 15) is 0 Å². The van der Waals surface area contributed by atoms with E-state index >= 15 is 0 Å². The van der Waals surface area contributed by atoms with Crippen LogP contribution in [-0.2, 0) is 13.1 Å². The predicted octanol–water partition coefficient (Wildman–Crippen LogP) is -3.87. The lowest BCUT2D eigenvalue weighted by atomic mass is 10.4. The van der Waals surface area contributed by atoms with Crippen LogP contribution in [0.4, 0.5) is 11.4 Å². The SMILES string of the molecule is CC[n+]1ccc(N(C)C)cc1.CC[n+]1ccc(N(C)C)cc1.[F-].[F-]. The van der Waals surface area contributed by atoms with Gasteiger partial charge in [0.25, 0.3) is 0 Å². The normalized spacial score (nSPS) is 8.92. The average molecular weight is 340 g/mol. The van der Waals surface area contributed by atoms with Gasteiger partial charge in [0.05, 0.1) is 0 Å². The molecule has 24 heavy (non-hydrogen) atoms. The van der Waals surface area contributed by atoms with Crippen LogP contribution in [0.2, 0.25) is 0 Å². The van der Waals surface area contributed by atoms with Crippen molar-refractivity contribution in [3.8, 4) is 0 Å². The van der Waals surface area contributed by atoms with Crippen LogP contribution in [0.25, 0.3) is 0 Å². The van der Waals surface area contributed by atoms with Crippen molar-refractivity contribution in [2.75, 3.05) is 38.0 Å². The van der Waals surface area contributed by atoms with E-state index in [1.54, 1.807) is 0 Å². The minimum atomic E-state index is 0. The molecule has 0 aliphatic carbocycles. The van der Waals surface area contributed by atoms with Crippen LogP contribution in [0.1, 0.15) is 13.8 Å². The number of rotatable bonds is 4. The lowest BCUT2D eigenvalue weighted by Crippen LogP contribution is -3.00. The number of aryl methyl sites for hydroxylation is 2. The number of anilines is 2. The molecular weight excluding hydrogens is 310 g/mol. The summed E-state index contributed by atoms with van der Waals surface area (Å²) in [6.07, 6.45) is 8.37. The standard InChI is InChI=1S/2C9H15N2.2FH/c2*1-4-11-7-5-9(6-8-11)10(2)3;;/h2*5-8H,4H2,1-3H3;2*1H/q2*+1;;/p-2. The minimum absolute atomic E-state index is 0. The first-order chi connectivity index (χ1) is 10.5.